The van der Waals surface area contributed by atoms with Gasteiger partial charge in [-0.05, 0) is 28.3 Å². The lowest BCUT2D eigenvalue weighted by molar-refractivity contribution is 0.0953. The molecule has 2 heteroatoms. The van der Waals surface area contributed by atoms with Crippen molar-refractivity contribution in [3.05, 3.63) is 83.9 Å². The summed E-state index contributed by atoms with van der Waals surface area (Å²) in [5, 5.41) is 5.13. The summed E-state index contributed by atoms with van der Waals surface area (Å²) in [6.45, 7) is 2.75. The highest BCUT2D eigenvalue weighted by molar-refractivity contribution is 6.07. The number of hydrogen-bond donors (Lipinski definition) is 1. The van der Waals surface area contributed by atoms with Crippen LogP contribution < -0.4 is 5.32 Å². The van der Waals surface area contributed by atoms with E-state index in [0.717, 1.165) is 16.3 Å². The molecule has 3 aromatic rings. The van der Waals surface area contributed by atoms with Crippen molar-refractivity contribution in [2.75, 3.05) is 6.54 Å². The number of amides is 1. The predicted octanol–water partition coefficient (Wildman–Crippen LogP) is 4.37. The number of benzene rings is 3. The van der Waals surface area contributed by atoms with E-state index in [9.17, 15) is 4.79 Å². The van der Waals surface area contributed by atoms with Crippen LogP contribution in [0.4, 0.5) is 0 Å². The summed E-state index contributed by atoms with van der Waals surface area (Å²) in [5.41, 5.74) is 1.97. The highest BCUT2D eigenvalue weighted by Crippen LogP contribution is 2.19. The predicted molar refractivity (Wildman–Crippen MR) is 91.1 cm³/mol. The second-order valence-corrected chi connectivity index (χ2v) is 5.55. The Labute approximate surface area is 130 Å². The first-order valence-corrected chi connectivity index (χ1v) is 7.56. The Morgan fingerprint density at radius 1 is 0.909 bits per heavy atom. The quantitative estimate of drug-likeness (QED) is 0.759. The van der Waals surface area contributed by atoms with Gasteiger partial charge < -0.3 is 5.32 Å². The Kier molecular flexibility index (Phi) is 4.19. The molecule has 0 spiro atoms. The molecule has 22 heavy (non-hydrogen) atoms. The number of nitrogens with one attached hydrogen (secondary N) is 1. The average Bonchev–Trinajstić information content (AvgIpc) is 2.59. The van der Waals surface area contributed by atoms with Crippen molar-refractivity contribution in [2.45, 2.75) is 12.8 Å². The molecule has 0 bridgehead atoms. The van der Waals surface area contributed by atoms with Gasteiger partial charge in [-0.2, -0.15) is 0 Å². The molecule has 0 aliphatic rings. The molecule has 3 rings (SSSR count). The van der Waals surface area contributed by atoms with Gasteiger partial charge in [0.1, 0.15) is 0 Å². The van der Waals surface area contributed by atoms with E-state index in [0.29, 0.717) is 12.5 Å². The van der Waals surface area contributed by atoms with E-state index in [1.54, 1.807) is 0 Å². The molecule has 0 radical (unpaired) electrons. The average molecular weight is 289 g/mol. The van der Waals surface area contributed by atoms with Crippen molar-refractivity contribution in [1.29, 1.82) is 0 Å². The lowest BCUT2D eigenvalue weighted by Gasteiger charge is -2.14. The summed E-state index contributed by atoms with van der Waals surface area (Å²) in [7, 11) is 0. The zero-order chi connectivity index (χ0) is 15.4. The number of hydrogen-bond acceptors (Lipinski definition) is 1. The molecule has 0 aromatic heterocycles. The van der Waals surface area contributed by atoms with Gasteiger partial charge in [0.25, 0.3) is 5.91 Å². The lowest BCUT2D eigenvalue weighted by atomic mass is 10.0. The third-order valence-corrected chi connectivity index (χ3v) is 3.97. The molecular formula is C20H19NO. The first-order valence-electron chi connectivity index (χ1n) is 7.56. The molecule has 0 aliphatic heterocycles. The number of rotatable bonds is 4. The summed E-state index contributed by atoms with van der Waals surface area (Å²) in [4.78, 5) is 12.5. The molecule has 2 nitrogen and oxygen atoms in total. The molecule has 110 valence electrons. The molecule has 0 saturated carbocycles. The van der Waals surface area contributed by atoms with Gasteiger partial charge in [0.05, 0.1) is 0 Å². The van der Waals surface area contributed by atoms with Crippen LogP contribution in [0.5, 0.6) is 0 Å². The molecule has 0 heterocycles. The fourth-order valence-corrected chi connectivity index (χ4v) is 2.66. The van der Waals surface area contributed by atoms with Gasteiger partial charge in [0.15, 0.2) is 0 Å². The van der Waals surface area contributed by atoms with Gasteiger partial charge >= 0.3 is 0 Å². The van der Waals surface area contributed by atoms with Crippen LogP contribution in [0.15, 0.2) is 72.8 Å². The Morgan fingerprint density at radius 2 is 1.59 bits per heavy atom. The van der Waals surface area contributed by atoms with E-state index in [1.807, 2.05) is 60.7 Å². The molecule has 1 amide bonds. The van der Waals surface area contributed by atoms with Crippen LogP contribution in [-0.4, -0.2) is 12.5 Å². The highest BCUT2D eigenvalue weighted by atomic mass is 16.1. The maximum Gasteiger partial charge on any atom is 0.251 e. The van der Waals surface area contributed by atoms with Gasteiger partial charge in [0.2, 0.25) is 0 Å². The smallest absolute Gasteiger partial charge is 0.251 e. The first kappa shape index (κ1) is 14.3. The van der Waals surface area contributed by atoms with Gasteiger partial charge in [-0.15, -0.1) is 0 Å². The number of carbonyl (C=O) groups excluding carboxylic acids is 1. The number of fused-ring (bicyclic) bond motifs is 1. The minimum atomic E-state index is -0.0143. The summed E-state index contributed by atoms with van der Waals surface area (Å²) in [6, 6.07) is 24.0. The molecule has 3 aromatic carbocycles. The fraction of sp³-hybridized carbons (Fsp3) is 0.150. The van der Waals surface area contributed by atoms with Gasteiger partial charge in [-0.3, -0.25) is 4.79 Å². The van der Waals surface area contributed by atoms with Gasteiger partial charge in [-0.25, -0.2) is 0 Å². The molecular weight excluding hydrogens is 270 g/mol. The van der Waals surface area contributed by atoms with Crippen molar-refractivity contribution in [2.24, 2.45) is 0 Å². The van der Waals surface area contributed by atoms with E-state index in [2.05, 4.69) is 24.4 Å². The SMILES string of the molecule is CC(CNC(=O)c1cccc2ccccc12)c1ccccc1. The van der Waals surface area contributed by atoms with Gasteiger partial charge in [0, 0.05) is 12.1 Å². The van der Waals surface area contributed by atoms with E-state index in [-0.39, 0.29) is 5.91 Å². The molecule has 1 unspecified atom stereocenters. The number of carbonyl (C=O) groups is 1. The Balaban J connectivity index is 1.74. The van der Waals surface area contributed by atoms with Crippen molar-refractivity contribution >= 4 is 16.7 Å². The summed E-state index contributed by atoms with van der Waals surface area (Å²) in [6.07, 6.45) is 0. The molecule has 0 saturated heterocycles. The van der Waals surface area contributed by atoms with Crippen LogP contribution >= 0.6 is 0 Å². The second-order valence-electron chi connectivity index (χ2n) is 5.55. The monoisotopic (exact) mass is 289 g/mol. The van der Waals surface area contributed by atoms with E-state index in [1.165, 1.54) is 5.56 Å². The fourth-order valence-electron chi connectivity index (χ4n) is 2.66. The molecule has 1 atom stereocenters. The Morgan fingerprint density at radius 3 is 2.41 bits per heavy atom. The maximum absolute atomic E-state index is 12.5. The Bertz CT molecular complexity index is 775. The minimum Gasteiger partial charge on any atom is -0.351 e. The Hall–Kier alpha value is -2.61. The van der Waals surface area contributed by atoms with E-state index >= 15 is 0 Å². The largest absolute Gasteiger partial charge is 0.351 e. The van der Waals surface area contributed by atoms with Crippen LogP contribution in [0.3, 0.4) is 0 Å². The molecule has 0 aliphatic carbocycles. The zero-order valence-electron chi connectivity index (χ0n) is 12.6. The topological polar surface area (TPSA) is 29.1 Å². The van der Waals surface area contributed by atoms with E-state index in [4.69, 9.17) is 0 Å². The van der Waals surface area contributed by atoms with Crippen molar-refractivity contribution in [3.63, 3.8) is 0 Å². The molecule has 1 N–H and O–H groups in total. The van der Waals surface area contributed by atoms with Crippen LogP contribution in [0.2, 0.25) is 0 Å². The normalized spacial score (nSPS) is 12.0. The summed E-state index contributed by atoms with van der Waals surface area (Å²) in [5.74, 6) is 0.278. The van der Waals surface area contributed by atoms with Crippen LogP contribution in [-0.2, 0) is 0 Å². The highest BCUT2D eigenvalue weighted by Gasteiger charge is 2.11. The van der Waals surface area contributed by atoms with E-state index < -0.39 is 0 Å². The summed E-state index contributed by atoms with van der Waals surface area (Å²) < 4.78 is 0. The summed E-state index contributed by atoms with van der Waals surface area (Å²) >= 11 is 0. The van der Waals surface area contributed by atoms with Crippen molar-refractivity contribution in [1.82, 2.24) is 5.32 Å². The minimum absolute atomic E-state index is 0.0143. The molecule has 0 fully saturated rings. The lowest BCUT2D eigenvalue weighted by Crippen LogP contribution is -2.27. The third kappa shape index (κ3) is 3.01. The second kappa shape index (κ2) is 6.44. The van der Waals surface area contributed by atoms with Crippen LogP contribution in [0.25, 0.3) is 10.8 Å². The third-order valence-electron chi connectivity index (χ3n) is 3.97. The standard InChI is InChI=1S/C20H19NO/c1-15(16-8-3-2-4-9-16)14-21-20(22)19-13-7-11-17-10-5-6-12-18(17)19/h2-13,15H,14H2,1H3,(H,21,22). The first-order chi connectivity index (χ1) is 10.8. The van der Waals surface area contributed by atoms with Crippen molar-refractivity contribution in [3.8, 4) is 0 Å². The van der Waals surface area contributed by atoms with Crippen LogP contribution in [0, 0.1) is 0 Å². The van der Waals surface area contributed by atoms with Crippen molar-refractivity contribution < 1.29 is 4.79 Å². The van der Waals surface area contributed by atoms with Gasteiger partial charge in [-0.1, -0.05) is 73.7 Å². The van der Waals surface area contributed by atoms with Crippen LogP contribution in [0.1, 0.15) is 28.8 Å². The zero-order valence-corrected chi connectivity index (χ0v) is 12.6. The maximum atomic E-state index is 12.5.